The highest BCUT2D eigenvalue weighted by Gasteiger charge is 2.09. The van der Waals surface area contributed by atoms with Gasteiger partial charge in [0, 0.05) is 12.1 Å². The van der Waals surface area contributed by atoms with Crippen LogP contribution in [-0.4, -0.2) is 19.1 Å². The molecule has 0 spiro atoms. The van der Waals surface area contributed by atoms with Crippen molar-refractivity contribution in [2.45, 2.75) is 46.5 Å². The number of hydrogen-bond acceptors (Lipinski definition) is 3. The molecule has 2 aromatic carbocycles. The summed E-state index contributed by atoms with van der Waals surface area (Å²) in [5, 5.41) is 2.97. The molecule has 0 fully saturated rings. The van der Waals surface area contributed by atoms with Crippen molar-refractivity contribution in [1.29, 1.82) is 0 Å². The van der Waals surface area contributed by atoms with Crippen molar-refractivity contribution < 1.29 is 14.3 Å². The van der Waals surface area contributed by atoms with Crippen LogP contribution >= 0.6 is 0 Å². The van der Waals surface area contributed by atoms with Crippen molar-refractivity contribution in [2.75, 3.05) is 18.5 Å². The normalized spacial score (nSPS) is 10.4. The van der Waals surface area contributed by atoms with Crippen molar-refractivity contribution in [3.8, 4) is 11.5 Å². The quantitative estimate of drug-likeness (QED) is 0.600. The van der Waals surface area contributed by atoms with Gasteiger partial charge in [-0.15, -0.1) is 0 Å². The number of benzene rings is 2. The van der Waals surface area contributed by atoms with Gasteiger partial charge in [-0.3, -0.25) is 4.79 Å². The summed E-state index contributed by atoms with van der Waals surface area (Å²) in [6.45, 7) is 7.35. The molecule has 0 saturated heterocycles. The molecular formula is C22H29NO3. The van der Waals surface area contributed by atoms with E-state index in [-0.39, 0.29) is 5.91 Å². The van der Waals surface area contributed by atoms with Crippen molar-refractivity contribution in [2.24, 2.45) is 0 Å². The maximum Gasteiger partial charge on any atom is 0.224 e. The largest absolute Gasteiger partial charge is 0.490 e. The molecule has 0 aliphatic heterocycles. The molecule has 4 nitrogen and oxygen atoms in total. The van der Waals surface area contributed by atoms with Gasteiger partial charge in [0.05, 0.1) is 13.2 Å². The minimum atomic E-state index is 0.0144. The minimum absolute atomic E-state index is 0.0144. The molecule has 2 rings (SSSR count). The number of anilines is 1. The van der Waals surface area contributed by atoms with Crippen LogP contribution in [0.1, 0.15) is 44.2 Å². The Morgan fingerprint density at radius 2 is 1.85 bits per heavy atom. The fourth-order valence-corrected chi connectivity index (χ4v) is 2.61. The number of carbonyl (C=O) groups is 1. The first kappa shape index (κ1) is 19.8. The number of amides is 1. The maximum atomic E-state index is 12.2. The molecule has 0 aliphatic carbocycles. The second-order valence-electron chi connectivity index (χ2n) is 6.28. The van der Waals surface area contributed by atoms with Crippen LogP contribution < -0.4 is 14.8 Å². The van der Waals surface area contributed by atoms with Gasteiger partial charge in [0.25, 0.3) is 0 Å². The smallest absolute Gasteiger partial charge is 0.224 e. The van der Waals surface area contributed by atoms with Crippen LogP contribution in [0.3, 0.4) is 0 Å². The number of aryl methyl sites for hydroxylation is 2. The Morgan fingerprint density at radius 1 is 1.04 bits per heavy atom. The number of ether oxygens (including phenoxy) is 2. The van der Waals surface area contributed by atoms with E-state index in [0.29, 0.717) is 26.1 Å². The molecule has 0 saturated carbocycles. The van der Waals surface area contributed by atoms with Crippen molar-refractivity contribution in [1.82, 2.24) is 0 Å². The maximum absolute atomic E-state index is 12.2. The summed E-state index contributed by atoms with van der Waals surface area (Å²) in [6, 6.07) is 13.7. The van der Waals surface area contributed by atoms with Crippen LogP contribution in [0.5, 0.6) is 11.5 Å². The molecule has 140 valence electrons. The van der Waals surface area contributed by atoms with Gasteiger partial charge in [0.1, 0.15) is 0 Å². The van der Waals surface area contributed by atoms with E-state index in [1.807, 2.05) is 56.3 Å². The molecule has 0 heterocycles. The monoisotopic (exact) mass is 355 g/mol. The predicted octanol–water partition coefficient (Wildman–Crippen LogP) is 5.14. The number of carbonyl (C=O) groups excluding carboxylic acids is 1. The predicted molar refractivity (Wildman–Crippen MR) is 106 cm³/mol. The van der Waals surface area contributed by atoms with Crippen molar-refractivity contribution in [3.63, 3.8) is 0 Å². The number of para-hydroxylation sites is 1. The Kier molecular flexibility index (Phi) is 8.00. The Bertz CT molecular complexity index is 712. The molecule has 0 atom stereocenters. The summed E-state index contributed by atoms with van der Waals surface area (Å²) in [5.74, 6) is 1.54. The number of rotatable bonds is 10. The molecule has 0 radical (unpaired) electrons. The SMILES string of the molecule is CCCCOc1ccc(CCC(=O)Nc2ccccc2C)cc1OCC. The van der Waals surface area contributed by atoms with Crippen LogP contribution in [0, 0.1) is 6.92 Å². The molecular weight excluding hydrogens is 326 g/mol. The first-order valence-corrected chi connectivity index (χ1v) is 9.38. The second kappa shape index (κ2) is 10.5. The zero-order chi connectivity index (χ0) is 18.8. The summed E-state index contributed by atoms with van der Waals surface area (Å²) in [7, 11) is 0. The van der Waals surface area contributed by atoms with Gasteiger partial charge >= 0.3 is 0 Å². The van der Waals surface area contributed by atoms with Gasteiger partial charge in [0.15, 0.2) is 11.5 Å². The van der Waals surface area contributed by atoms with E-state index in [0.717, 1.165) is 41.2 Å². The lowest BCUT2D eigenvalue weighted by Crippen LogP contribution is -2.13. The Balaban J connectivity index is 1.94. The topological polar surface area (TPSA) is 47.6 Å². The van der Waals surface area contributed by atoms with E-state index >= 15 is 0 Å². The Morgan fingerprint density at radius 3 is 2.58 bits per heavy atom. The number of unbranched alkanes of at least 4 members (excludes halogenated alkanes) is 1. The van der Waals surface area contributed by atoms with E-state index in [2.05, 4.69) is 12.2 Å². The van der Waals surface area contributed by atoms with Crippen LogP contribution in [0.15, 0.2) is 42.5 Å². The van der Waals surface area contributed by atoms with E-state index < -0.39 is 0 Å². The lowest BCUT2D eigenvalue weighted by molar-refractivity contribution is -0.116. The van der Waals surface area contributed by atoms with E-state index in [1.165, 1.54) is 0 Å². The Labute approximate surface area is 156 Å². The number of hydrogen-bond donors (Lipinski definition) is 1. The average Bonchev–Trinajstić information content (AvgIpc) is 2.64. The van der Waals surface area contributed by atoms with Crippen LogP contribution in [0.4, 0.5) is 5.69 Å². The zero-order valence-electron chi connectivity index (χ0n) is 16.0. The molecule has 0 aromatic heterocycles. The third-order valence-corrected chi connectivity index (χ3v) is 4.12. The minimum Gasteiger partial charge on any atom is -0.490 e. The summed E-state index contributed by atoms with van der Waals surface area (Å²) >= 11 is 0. The lowest BCUT2D eigenvalue weighted by Gasteiger charge is -2.13. The van der Waals surface area contributed by atoms with Gasteiger partial charge in [0.2, 0.25) is 5.91 Å². The molecule has 1 amide bonds. The molecule has 26 heavy (non-hydrogen) atoms. The summed E-state index contributed by atoms with van der Waals surface area (Å²) < 4.78 is 11.5. The molecule has 2 aromatic rings. The first-order chi connectivity index (χ1) is 12.6. The second-order valence-corrected chi connectivity index (χ2v) is 6.28. The standard InChI is InChI=1S/C22H29NO3/c1-4-6-15-26-20-13-11-18(16-21(20)25-5-2)12-14-22(24)23-19-10-8-7-9-17(19)3/h7-11,13,16H,4-6,12,14-15H2,1-3H3,(H,23,24). The lowest BCUT2D eigenvalue weighted by atomic mass is 10.1. The Hall–Kier alpha value is -2.49. The average molecular weight is 355 g/mol. The highest BCUT2D eigenvalue weighted by atomic mass is 16.5. The van der Waals surface area contributed by atoms with E-state index in [1.54, 1.807) is 0 Å². The van der Waals surface area contributed by atoms with Gasteiger partial charge < -0.3 is 14.8 Å². The summed E-state index contributed by atoms with van der Waals surface area (Å²) in [6.07, 6.45) is 3.20. The fraction of sp³-hybridized carbons (Fsp3) is 0.409. The zero-order valence-corrected chi connectivity index (χ0v) is 16.0. The van der Waals surface area contributed by atoms with Crippen LogP contribution in [0.2, 0.25) is 0 Å². The van der Waals surface area contributed by atoms with Crippen molar-refractivity contribution in [3.05, 3.63) is 53.6 Å². The van der Waals surface area contributed by atoms with E-state index in [9.17, 15) is 4.79 Å². The summed E-state index contributed by atoms with van der Waals surface area (Å²) in [4.78, 5) is 12.2. The van der Waals surface area contributed by atoms with Gasteiger partial charge in [-0.2, -0.15) is 0 Å². The third kappa shape index (κ3) is 6.10. The van der Waals surface area contributed by atoms with Crippen LogP contribution in [0.25, 0.3) is 0 Å². The molecule has 4 heteroatoms. The van der Waals surface area contributed by atoms with Gasteiger partial charge in [-0.05, 0) is 56.0 Å². The number of nitrogens with one attached hydrogen (secondary N) is 1. The molecule has 0 bridgehead atoms. The van der Waals surface area contributed by atoms with Crippen LogP contribution in [-0.2, 0) is 11.2 Å². The van der Waals surface area contributed by atoms with Gasteiger partial charge in [-0.25, -0.2) is 0 Å². The first-order valence-electron chi connectivity index (χ1n) is 9.38. The molecule has 1 N–H and O–H groups in total. The third-order valence-electron chi connectivity index (χ3n) is 4.12. The van der Waals surface area contributed by atoms with Crippen molar-refractivity contribution >= 4 is 11.6 Å². The van der Waals surface area contributed by atoms with E-state index in [4.69, 9.17) is 9.47 Å². The molecule has 0 aliphatic rings. The molecule has 0 unspecified atom stereocenters. The highest BCUT2D eigenvalue weighted by Crippen LogP contribution is 2.29. The summed E-state index contributed by atoms with van der Waals surface area (Å²) in [5.41, 5.74) is 3.00. The fourth-order valence-electron chi connectivity index (χ4n) is 2.61. The van der Waals surface area contributed by atoms with Gasteiger partial charge in [-0.1, -0.05) is 37.6 Å². The highest BCUT2D eigenvalue weighted by molar-refractivity contribution is 5.91.